The number of hydrogen-bond donors (Lipinski definition) is 1. The van der Waals surface area contributed by atoms with E-state index in [9.17, 15) is 9.90 Å². The van der Waals surface area contributed by atoms with E-state index in [4.69, 9.17) is 4.74 Å². The molecular weight excluding hydrogens is 312 g/mol. The highest BCUT2D eigenvalue weighted by Gasteiger charge is 2.24. The molecule has 0 aromatic heterocycles. The Hall–Kier alpha value is -2.81. The second-order valence-electron chi connectivity index (χ2n) is 6.74. The normalized spacial score (nSPS) is 16.4. The lowest BCUT2D eigenvalue weighted by Crippen LogP contribution is -2.22. The summed E-state index contributed by atoms with van der Waals surface area (Å²) in [5, 5.41) is 11.6. The molecule has 0 fully saturated rings. The third-order valence-corrected chi connectivity index (χ3v) is 5.06. The van der Waals surface area contributed by atoms with Gasteiger partial charge in [-0.1, -0.05) is 36.4 Å². The van der Waals surface area contributed by atoms with Gasteiger partial charge in [-0.2, -0.15) is 0 Å². The largest absolute Gasteiger partial charge is 0.481 e. The van der Waals surface area contributed by atoms with Crippen LogP contribution in [0.5, 0.6) is 11.5 Å². The zero-order valence-corrected chi connectivity index (χ0v) is 14.2. The van der Waals surface area contributed by atoms with Crippen molar-refractivity contribution in [2.45, 2.75) is 26.2 Å². The summed E-state index contributed by atoms with van der Waals surface area (Å²) >= 11 is 0. The Kier molecular flexibility index (Phi) is 3.92. The SMILES string of the molecule is Cc1cccc2cccc(Oc3ccc4c(c3)CC(C(=O)O)CC4)c12. The van der Waals surface area contributed by atoms with Gasteiger partial charge in [0.05, 0.1) is 5.92 Å². The van der Waals surface area contributed by atoms with Crippen LogP contribution in [0.25, 0.3) is 10.8 Å². The molecule has 0 spiro atoms. The minimum absolute atomic E-state index is 0.289. The van der Waals surface area contributed by atoms with Crippen molar-refractivity contribution in [3.8, 4) is 11.5 Å². The summed E-state index contributed by atoms with van der Waals surface area (Å²) in [6.07, 6.45) is 2.11. The first-order chi connectivity index (χ1) is 12.1. The van der Waals surface area contributed by atoms with E-state index in [0.717, 1.165) is 34.3 Å². The fourth-order valence-corrected chi connectivity index (χ4v) is 3.71. The summed E-state index contributed by atoms with van der Waals surface area (Å²) in [6, 6.07) is 18.3. The lowest BCUT2D eigenvalue weighted by Gasteiger charge is -2.22. The van der Waals surface area contributed by atoms with Crippen LogP contribution in [0, 0.1) is 12.8 Å². The van der Waals surface area contributed by atoms with Gasteiger partial charge < -0.3 is 9.84 Å². The van der Waals surface area contributed by atoms with Crippen LogP contribution in [-0.2, 0) is 17.6 Å². The summed E-state index contributed by atoms with van der Waals surface area (Å²) < 4.78 is 6.19. The van der Waals surface area contributed by atoms with E-state index >= 15 is 0 Å². The summed E-state index contributed by atoms with van der Waals surface area (Å²) in [6.45, 7) is 2.08. The first-order valence-corrected chi connectivity index (χ1v) is 8.62. The molecule has 0 heterocycles. The second-order valence-corrected chi connectivity index (χ2v) is 6.74. The van der Waals surface area contributed by atoms with Gasteiger partial charge in [-0.25, -0.2) is 0 Å². The quantitative estimate of drug-likeness (QED) is 0.723. The van der Waals surface area contributed by atoms with E-state index in [2.05, 4.69) is 31.2 Å². The number of carboxylic acid groups (broad SMARTS) is 1. The fourth-order valence-electron chi connectivity index (χ4n) is 3.71. The third kappa shape index (κ3) is 2.98. The Balaban J connectivity index is 1.69. The van der Waals surface area contributed by atoms with Gasteiger partial charge in [-0.3, -0.25) is 4.79 Å². The van der Waals surface area contributed by atoms with Gasteiger partial charge in [0.1, 0.15) is 11.5 Å². The minimum atomic E-state index is -0.707. The van der Waals surface area contributed by atoms with Crippen LogP contribution < -0.4 is 4.74 Å². The molecule has 0 bridgehead atoms. The maximum absolute atomic E-state index is 11.3. The smallest absolute Gasteiger partial charge is 0.306 e. The van der Waals surface area contributed by atoms with Crippen LogP contribution >= 0.6 is 0 Å². The molecule has 0 saturated carbocycles. The summed E-state index contributed by atoms with van der Waals surface area (Å²) in [5.41, 5.74) is 3.50. The highest BCUT2D eigenvalue weighted by atomic mass is 16.5. The molecule has 1 unspecified atom stereocenters. The molecule has 4 rings (SSSR count). The number of carboxylic acids is 1. The molecule has 1 aliphatic carbocycles. The molecule has 1 atom stereocenters. The van der Waals surface area contributed by atoms with Crippen molar-refractivity contribution < 1.29 is 14.6 Å². The average Bonchev–Trinajstić information content (AvgIpc) is 2.61. The van der Waals surface area contributed by atoms with Gasteiger partial charge in [0.25, 0.3) is 0 Å². The molecule has 0 aliphatic heterocycles. The van der Waals surface area contributed by atoms with Crippen molar-refractivity contribution in [1.82, 2.24) is 0 Å². The van der Waals surface area contributed by atoms with Crippen molar-refractivity contribution in [2.24, 2.45) is 5.92 Å². The molecule has 3 nitrogen and oxygen atoms in total. The Morgan fingerprint density at radius 3 is 2.68 bits per heavy atom. The molecule has 3 heteroatoms. The zero-order valence-electron chi connectivity index (χ0n) is 14.2. The van der Waals surface area contributed by atoms with E-state index in [1.807, 2.05) is 30.3 Å². The first kappa shape index (κ1) is 15.7. The number of fused-ring (bicyclic) bond motifs is 2. The minimum Gasteiger partial charge on any atom is -0.481 e. The van der Waals surface area contributed by atoms with Crippen molar-refractivity contribution in [2.75, 3.05) is 0 Å². The Bertz CT molecular complexity index is 953. The molecule has 1 aliphatic rings. The van der Waals surface area contributed by atoms with Crippen molar-refractivity contribution in [1.29, 1.82) is 0 Å². The average molecular weight is 332 g/mol. The van der Waals surface area contributed by atoms with E-state index in [0.29, 0.717) is 12.8 Å². The van der Waals surface area contributed by atoms with Gasteiger partial charge in [0, 0.05) is 5.39 Å². The third-order valence-electron chi connectivity index (χ3n) is 5.06. The Morgan fingerprint density at radius 1 is 1.08 bits per heavy atom. The molecular formula is C22H20O3. The maximum Gasteiger partial charge on any atom is 0.306 e. The highest BCUT2D eigenvalue weighted by Crippen LogP contribution is 2.34. The second kappa shape index (κ2) is 6.25. The fraction of sp³-hybridized carbons (Fsp3) is 0.227. The molecule has 1 N–H and O–H groups in total. The van der Waals surface area contributed by atoms with Crippen LogP contribution in [0.1, 0.15) is 23.1 Å². The van der Waals surface area contributed by atoms with E-state index < -0.39 is 5.97 Å². The van der Waals surface area contributed by atoms with Crippen LogP contribution in [0.15, 0.2) is 54.6 Å². The number of ether oxygens (including phenoxy) is 1. The Morgan fingerprint density at radius 2 is 1.88 bits per heavy atom. The number of aliphatic carboxylic acids is 1. The van der Waals surface area contributed by atoms with Crippen LogP contribution in [0.2, 0.25) is 0 Å². The highest BCUT2D eigenvalue weighted by molar-refractivity contribution is 5.91. The van der Waals surface area contributed by atoms with Crippen molar-refractivity contribution in [3.63, 3.8) is 0 Å². The number of aryl methyl sites for hydroxylation is 2. The van der Waals surface area contributed by atoms with Crippen LogP contribution in [0.3, 0.4) is 0 Å². The van der Waals surface area contributed by atoms with Crippen molar-refractivity contribution >= 4 is 16.7 Å². The number of hydrogen-bond acceptors (Lipinski definition) is 2. The van der Waals surface area contributed by atoms with Gasteiger partial charge >= 0.3 is 5.97 Å². The van der Waals surface area contributed by atoms with E-state index in [1.54, 1.807) is 0 Å². The summed E-state index contributed by atoms with van der Waals surface area (Å²) in [5.74, 6) is 0.603. The monoisotopic (exact) mass is 332 g/mol. The molecule has 25 heavy (non-hydrogen) atoms. The standard InChI is InChI=1S/C22H20O3/c1-14-4-2-5-16-6-3-7-20(21(14)16)25-19-11-10-15-8-9-17(22(23)24)12-18(15)13-19/h2-7,10-11,13,17H,8-9,12H2,1H3,(H,23,24). The predicted octanol–water partition coefficient (Wildman–Crippen LogP) is 5.13. The topological polar surface area (TPSA) is 46.5 Å². The van der Waals surface area contributed by atoms with Crippen LogP contribution in [0.4, 0.5) is 0 Å². The van der Waals surface area contributed by atoms with Gasteiger partial charge in [0.2, 0.25) is 0 Å². The number of rotatable bonds is 3. The predicted molar refractivity (Wildman–Crippen MR) is 98.4 cm³/mol. The van der Waals surface area contributed by atoms with Gasteiger partial charge in [-0.05, 0) is 66.5 Å². The molecule has 0 saturated heterocycles. The summed E-state index contributed by atoms with van der Waals surface area (Å²) in [4.78, 5) is 11.3. The lowest BCUT2D eigenvalue weighted by molar-refractivity contribution is -0.142. The van der Waals surface area contributed by atoms with Gasteiger partial charge in [-0.15, -0.1) is 0 Å². The van der Waals surface area contributed by atoms with E-state index in [1.165, 1.54) is 11.1 Å². The zero-order chi connectivity index (χ0) is 17.4. The lowest BCUT2D eigenvalue weighted by atomic mass is 9.84. The molecule has 0 radical (unpaired) electrons. The van der Waals surface area contributed by atoms with Crippen molar-refractivity contribution in [3.05, 3.63) is 71.3 Å². The molecule has 3 aromatic rings. The molecule has 126 valence electrons. The van der Waals surface area contributed by atoms with E-state index in [-0.39, 0.29) is 5.92 Å². The maximum atomic E-state index is 11.3. The number of benzene rings is 3. The van der Waals surface area contributed by atoms with Crippen LogP contribution in [-0.4, -0.2) is 11.1 Å². The molecule has 3 aromatic carbocycles. The van der Waals surface area contributed by atoms with Gasteiger partial charge in [0.15, 0.2) is 0 Å². The number of carbonyl (C=O) groups is 1. The first-order valence-electron chi connectivity index (χ1n) is 8.62. The molecule has 0 amide bonds. The summed E-state index contributed by atoms with van der Waals surface area (Å²) in [7, 11) is 0. The Labute approximate surface area is 146 Å².